The Kier molecular flexibility index (Phi) is 8.59. The van der Waals surface area contributed by atoms with Crippen LogP contribution in [0.4, 0.5) is 0 Å². The predicted octanol–water partition coefficient (Wildman–Crippen LogP) is 2.43. The van der Waals surface area contributed by atoms with Crippen molar-refractivity contribution >= 4 is 39.1 Å². The normalized spacial score (nSPS) is 25.0. The average molecular weight is 495 g/mol. The van der Waals surface area contributed by atoms with Crippen LogP contribution in [-0.4, -0.2) is 88.8 Å². The van der Waals surface area contributed by atoms with Crippen LogP contribution in [-0.2, 0) is 29.0 Å². The van der Waals surface area contributed by atoms with E-state index in [2.05, 4.69) is 0 Å². The molecular formula is C20H28Cl2N2O6S. The molecule has 2 aliphatic heterocycles. The van der Waals surface area contributed by atoms with E-state index in [9.17, 15) is 13.2 Å². The van der Waals surface area contributed by atoms with Gasteiger partial charge in [0.2, 0.25) is 15.9 Å². The fourth-order valence-electron chi connectivity index (χ4n) is 4.22. The number of ether oxygens (including phenoxy) is 3. The fourth-order valence-corrected chi connectivity index (χ4v) is 6.80. The molecule has 0 saturated carbocycles. The number of piperidine rings is 1. The van der Waals surface area contributed by atoms with E-state index in [0.29, 0.717) is 39.2 Å². The Bertz CT molecular complexity index is 864. The molecule has 0 aliphatic carbocycles. The molecule has 11 heteroatoms. The number of hydrogen-bond acceptors (Lipinski definition) is 6. The van der Waals surface area contributed by atoms with E-state index in [4.69, 9.17) is 37.4 Å². The maximum Gasteiger partial charge on any atom is 0.244 e. The second kappa shape index (κ2) is 10.8. The van der Waals surface area contributed by atoms with Gasteiger partial charge in [-0.1, -0.05) is 23.2 Å². The second-order valence-corrected chi connectivity index (χ2v) is 10.3. The number of amides is 1. The molecule has 2 unspecified atom stereocenters. The van der Waals surface area contributed by atoms with Crippen molar-refractivity contribution in [1.82, 2.24) is 9.21 Å². The molecule has 8 nitrogen and oxygen atoms in total. The molecule has 1 aromatic carbocycles. The highest BCUT2D eigenvalue weighted by atomic mass is 35.5. The number of nitrogens with zero attached hydrogens (tertiary/aromatic N) is 2. The first-order valence-corrected chi connectivity index (χ1v) is 12.4. The van der Waals surface area contributed by atoms with E-state index in [1.54, 1.807) is 19.1 Å². The zero-order chi connectivity index (χ0) is 22.6. The Morgan fingerprint density at radius 2 is 1.71 bits per heavy atom. The monoisotopic (exact) mass is 494 g/mol. The van der Waals surface area contributed by atoms with E-state index < -0.39 is 28.2 Å². The van der Waals surface area contributed by atoms with Crippen molar-refractivity contribution < 1.29 is 27.4 Å². The number of methoxy groups -OCH3 is 2. The first kappa shape index (κ1) is 24.7. The summed E-state index contributed by atoms with van der Waals surface area (Å²) >= 11 is 12.2. The molecule has 1 aromatic rings. The topological polar surface area (TPSA) is 85.4 Å². The third kappa shape index (κ3) is 5.52. The maximum atomic E-state index is 13.7. The van der Waals surface area contributed by atoms with Crippen molar-refractivity contribution in [3.05, 3.63) is 28.2 Å². The first-order chi connectivity index (χ1) is 14.8. The van der Waals surface area contributed by atoms with Crippen molar-refractivity contribution in [2.45, 2.75) is 42.3 Å². The summed E-state index contributed by atoms with van der Waals surface area (Å²) in [4.78, 5) is 15.0. The predicted molar refractivity (Wildman–Crippen MR) is 117 cm³/mol. The molecule has 3 rings (SSSR count). The van der Waals surface area contributed by atoms with Gasteiger partial charge in [0.1, 0.15) is 6.04 Å². The Hall–Kier alpha value is -0.940. The number of benzene rings is 1. The van der Waals surface area contributed by atoms with Crippen LogP contribution >= 0.6 is 23.2 Å². The van der Waals surface area contributed by atoms with Gasteiger partial charge >= 0.3 is 0 Å². The lowest BCUT2D eigenvalue weighted by Crippen LogP contribution is -2.56. The lowest BCUT2D eigenvalue weighted by Gasteiger charge is -2.40. The highest BCUT2D eigenvalue weighted by molar-refractivity contribution is 7.89. The lowest BCUT2D eigenvalue weighted by molar-refractivity contribution is -0.135. The summed E-state index contributed by atoms with van der Waals surface area (Å²) in [6.45, 7) is 1.67. The summed E-state index contributed by atoms with van der Waals surface area (Å²) in [5.41, 5.74) is 0. The van der Waals surface area contributed by atoms with Gasteiger partial charge in [-0.05, 0) is 37.5 Å². The summed E-state index contributed by atoms with van der Waals surface area (Å²) in [6, 6.07) is 2.89. The summed E-state index contributed by atoms with van der Waals surface area (Å²) in [7, 11) is -0.923. The van der Waals surface area contributed by atoms with Gasteiger partial charge < -0.3 is 19.1 Å². The van der Waals surface area contributed by atoms with Crippen LogP contribution in [0.3, 0.4) is 0 Å². The van der Waals surface area contributed by atoms with E-state index in [1.807, 2.05) is 0 Å². The minimum atomic E-state index is -4.06. The number of sulfonamides is 1. The second-order valence-electron chi connectivity index (χ2n) is 7.63. The third-order valence-electron chi connectivity index (χ3n) is 5.63. The van der Waals surface area contributed by atoms with E-state index in [0.717, 1.165) is 6.42 Å². The fraction of sp³-hybridized carbons (Fsp3) is 0.650. The SMILES string of the molecule is COCCO[C@H]1CN(CCOC)C(=O)C2CCCC1N2S(=O)(=O)c1cc(Cl)cc(Cl)c1. The van der Waals surface area contributed by atoms with E-state index >= 15 is 0 Å². The number of rotatable bonds is 9. The third-order valence-corrected chi connectivity index (χ3v) is 7.98. The van der Waals surface area contributed by atoms with Crippen LogP contribution in [0.25, 0.3) is 0 Å². The summed E-state index contributed by atoms with van der Waals surface area (Å²) < 4.78 is 45.1. The number of hydrogen-bond donors (Lipinski definition) is 0. The van der Waals surface area contributed by atoms with E-state index in [1.165, 1.54) is 22.5 Å². The number of carbonyl (C=O) groups excluding carboxylic acids is 1. The highest BCUT2D eigenvalue weighted by Gasteiger charge is 2.50. The average Bonchev–Trinajstić information content (AvgIpc) is 2.79. The maximum absolute atomic E-state index is 13.7. The Balaban J connectivity index is 2.03. The Labute approximate surface area is 193 Å². The van der Waals surface area contributed by atoms with Crippen molar-refractivity contribution in [2.24, 2.45) is 0 Å². The molecule has 174 valence electrons. The summed E-state index contributed by atoms with van der Waals surface area (Å²) in [5.74, 6) is -0.240. The van der Waals surface area contributed by atoms with Gasteiger partial charge in [-0.3, -0.25) is 4.79 Å². The van der Waals surface area contributed by atoms with Crippen LogP contribution < -0.4 is 0 Å². The van der Waals surface area contributed by atoms with Crippen LogP contribution in [0, 0.1) is 0 Å². The van der Waals surface area contributed by atoms with Crippen molar-refractivity contribution in [2.75, 3.05) is 47.1 Å². The molecule has 0 radical (unpaired) electrons. The standard InChI is InChI=1S/C20H28Cl2N2O6S/c1-28-7-6-23-13-19(30-9-8-29-2)17-4-3-5-18(20(23)25)24(17)31(26,27)16-11-14(21)10-15(22)12-16/h10-12,17-19H,3-9,13H2,1-2H3/t17?,18?,19-/m0/s1. The van der Waals surface area contributed by atoms with Crippen LogP contribution in [0.5, 0.6) is 0 Å². The zero-order valence-corrected chi connectivity index (χ0v) is 20.0. The zero-order valence-electron chi connectivity index (χ0n) is 17.6. The first-order valence-electron chi connectivity index (χ1n) is 10.2. The molecule has 3 atom stereocenters. The molecule has 0 spiro atoms. The molecule has 2 fully saturated rings. The smallest absolute Gasteiger partial charge is 0.244 e. The van der Waals surface area contributed by atoms with Crippen LogP contribution in [0.2, 0.25) is 10.0 Å². The van der Waals surface area contributed by atoms with Crippen molar-refractivity contribution in [1.29, 1.82) is 0 Å². The Morgan fingerprint density at radius 1 is 1.03 bits per heavy atom. The molecule has 2 aliphatic rings. The lowest BCUT2D eigenvalue weighted by atomic mass is 9.96. The number of carbonyl (C=O) groups is 1. The summed E-state index contributed by atoms with van der Waals surface area (Å²) in [6.07, 6.45) is 1.27. The molecule has 2 saturated heterocycles. The quantitative estimate of drug-likeness (QED) is 0.490. The van der Waals surface area contributed by atoms with Crippen LogP contribution in [0.15, 0.2) is 23.1 Å². The molecule has 0 N–H and O–H groups in total. The van der Waals surface area contributed by atoms with Gasteiger partial charge in [-0.25, -0.2) is 8.42 Å². The molecule has 0 aromatic heterocycles. The minimum absolute atomic E-state index is 0.0318. The number of halogens is 2. The van der Waals surface area contributed by atoms with Gasteiger partial charge in [-0.15, -0.1) is 0 Å². The molecule has 31 heavy (non-hydrogen) atoms. The van der Waals surface area contributed by atoms with Gasteiger partial charge in [0.25, 0.3) is 0 Å². The largest absolute Gasteiger partial charge is 0.383 e. The van der Waals surface area contributed by atoms with Gasteiger partial charge in [0.05, 0.1) is 36.9 Å². The Morgan fingerprint density at radius 3 is 2.35 bits per heavy atom. The van der Waals surface area contributed by atoms with Crippen molar-refractivity contribution in [3.63, 3.8) is 0 Å². The number of fused-ring (bicyclic) bond motifs is 2. The molecule has 2 heterocycles. The van der Waals surface area contributed by atoms with Gasteiger partial charge in [0, 0.05) is 37.4 Å². The minimum Gasteiger partial charge on any atom is -0.383 e. The van der Waals surface area contributed by atoms with Gasteiger partial charge in [-0.2, -0.15) is 4.31 Å². The summed E-state index contributed by atoms with van der Waals surface area (Å²) in [5, 5.41) is 0.430. The van der Waals surface area contributed by atoms with Crippen molar-refractivity contribution in [3.8, 4) is 0 Å². The molecular weight excluding hydrogens is 467 g/mol. The van der Waals surface area contributed by atoms with E-state index in [-0.39, 0.29) is 27.4 Å². The molecule has 1 amide bonds. The van der Waals surface area contributed by atoms with Gasteiger partial charge in [0.15, 0.2) is 0 Å². The van der Waals surface area contributed by atoms with Crippen LogP contribution in [0.1, 0.15) is 19.3 Å². The highest BCUT2D eigenvalue weighted by Crippen LogP contribution is 2.37. The molecule has 2 bridgehead atoms.